The van der Waals surface area contributed by atoms with Gasteiger partial charge in [-0.25, -0.2) is 0 Å². The van der Waals surface area contributed by atoms with Gasteiger partial charge in [0.2, 0.25) is 5.91 Å². The van der Waals surface area contributed by atoms with Gasteiger partial charge in [0.25, 0.3) is 0 Å². The van der Waals surface area contributed by atoms with Gasteiger partial charge in [-0.2, -0.15) is 0 Å². The first-order chi connectivity index (χ1) is 8.16. The van der Waals surface area contributed by atoms with Crippen molar-refractivity contribution in [3.63, 3.8) is 0 Å². The van der Waals surface area contributed by atoms with Crippen molar-refractivity contribution in [3.8, 4) is 0 Å². The Morgan fingerprint density at radius 1 is 1.06 bits per heavy atom. The van der Waals surface area contributed by atoms with Crippen molar-refractivity contribution < 1.29 is 6.22 Å². The second-order valence-corrected chi connectivity index (χ2v) is 5.40. The Bertz CT molecular complexity index is 183. The maximum absolute atomic E-state index is 11.3. The van der Waals surface area contributed by atoms with Crippen LogP contribution in [0.5, 0.6) is 0 Å². The van der Waals surface area contributed by atoms with Gasteiger partial charge in [0, 0.05) is 14.4 Å². The summed E-state index contributed by atoms with van der Waals surface area (Å²) in [5, 5.41) is 2.99. The van der Waals surface area contributed by atoms with Crippen LogP contribution in [-0.4, -0.2) is 12.5 Å². The van der Waals surface area contributed by atoms with Gasteiger partial charge in [-0.1, -0.05) is 59.3 Å². The fourth-order valence-electron chi connectivity index (χ4n) is 1.86. The van der Waals surface area contributed by atoms with Crippen LogP contribution < -0.4 is 5.32 Å². The van der Waals surface area contributed by atoms with Crippen LogP contribution in [0.4, 0.5) is 0 Å². The molecule has 0 unspecified atom stereocenters. The maximum Gasteiger partial charge on any atom is 0.219 e. The SMILES string of the molecule is CCCCC(=O)NCCCCCCCC(C)C.[HH]. The molecule has 0 atom stereocenters. The molecule has 0 heterocycles. The van der Waals surface area contributed by atoms with E-state index in [0.29, 0.717) is 6.42 Å². The predicted octanol–water partition coefficient (Wildman–Crippen LogP) is 4.54. The highest BCUT2D eigenvalue weighted by Gasteiger charge is 1.99. The van der Waals surface area contributed by atoms with E-state index in [4.69, 9.17) is 0 Å². The summed E-state index contributed by atoms with van der Waals surface area (Å²) in [7, 11) is 0. The first-order valence-corrected chi connectivity index (χ1v) is 7.43. The predicted molar refractivity (Wildman–Crippen MR) is 77.2 cm³/mol. The van der Waals surface area contributed by atoms with Crippen LogP contribution in [-0.2, 0) is 4.79 Å². The molecule has 1 N–H and O–H groups in total. The van der Waals surface area contributed by atoms with Crippen molar-refractivity contribution >= 4 is 5.91 Å². The van der Waals surface area contributed by atoms with Crippen LogP contribution >= 0.6 is 0 Å². The van der Waals surface area contributed by atoms with E-state index >= 15 is 0 Å². The Morgan fingerprint density at radius 2 is 1.71 bits per heavy atom. The van der Waals surface area contributed by atoms with Crippen LogP contribution in [0.25, 0.3) is 0 Å². The second-order valence-electron chi connectivity index (χ2n) is 5.40. The van der Waals surface area contributed by atoms with Crippen molar-refractivity contribution in [1.29, 1.82) is 0 Å². The third kappa shape index (κ3) is 13.4. The minimum absolute atomic E-state index is 0. The van der Waals surface area contributed by atoms with Crippen molar-refractivity contribution in [2.24, 2.45) is 5.92 Å². The lowest BCUT2D eigenvalue weighted by Crippen LogP contribution is -2.23. The van der Waals surface area contributed by atoms with Crippen molar-refractivity contribution in [3.05, 3.63) is 0 Å². The van der Waals surface area contributed by atoms with E-state index in [0.717, 1.165) is 31.7 Å². The minimum atomic E-state index is 0. The third-order valence-corrected chi connectivity index (χ3v) is 3.04. The highest BCUT2D eigenvalue weighted by molar-refractivity contribution is 5.75. The van der Waals surface area contributed by atoms with E-state index in [2.05, 4.69) is 26.1 Å². The lowest BCUT2D eigenvalue weighted by molar-refractivity contribution is -0.121. The molecule has 0 radical (unpaired) electrons. The fourth-order valence-corrected chi connectivity index (χ4v) is 1.86. The summed E-state index contributed by atoms with van der Waals surface area (Å²) in [4.78, 5) is 11.3. The molecule has 0 aliphatic carbocycles. The van der Waals surface area contributed by atoms with E-state index in [9.17, 15) is 4.79 Å². The molecule has 0 rings (SSSR count). The van der Waals surface area contributed by atoms with E-state index in [1.807, 2.05) is 0 Å². The number of carbonyl (C=O) groups is 1. The molecule has 0 aromatic rings. The molecular formula is C15H33NO. The number of nitrogens with one attached hydrogen (secondary N) is 1. The van der Waals surface area contributed by atoms with E-state index in [-0.39, 0.29) is 7.33 Å². The quantitative estimate of drug-likeness (QED) is 0.530. The molecule has 2 heteroatoms. The number of unbranched alkanes of at least 4 members (excludes halogenated alkanes) is 5. The molecule has 2 nitrogen and oxygen atoms in total. The summed E-state index contributed by atoms with van der Waals surface area (Å²) in [5.74, 6) is 1.07. The summed E-state index contributed by atoms with van der Waals surface area (Å²) < 4.78 is 0. The number of hydrogen-bond acceptors (Lipinski definition) is 1. The van der Waals surface area contributed by atoms with E-state index in [1.165, 1.54) is 32.1 Å². The first kappa shape index (κ1) is 16.5. The van der Waals surface area contributed by atoms with E-state index in [1.54, 1.807) is 0 Å². The third-order valence-electron chi connectivity index (χ3n) is 3.04. The van der Waals surface area contributed by atoms with Crippen LogP contribution in [0.2, 0.25) is 0 Å². The lowest BCUT2D eigenvalue weighted by Gasteiger charge is -2.05. The van der Waals surface area contributed by atoms with Gasteiger partial charge in [-0.3, -0.25) is 4.79 Å². The number of rotatable bonds is 11. The molecule has 0 fully saturated rings. The van der Waals surface area contributed by atoms with Crippen LogP contribution in [0, 0.1) is 5.92 Å². The molecule has 0 saturated heterocycles. The summed E-state index contributed by atoms with van der Waals surface area (Å²) in [5.41, 5.74) is 0. The Morgan fingerprint density at radius 3 is 2.35 bits per heavy atom. The molecule has 0 aromatic carbocycles. The topological polar surface area (TPSA) is 29.1 Å². The molecule has 1 amide bonds. The molecule has 104 valence electrons. The first-order valence-electron chi connectivity index (χ1n) is 7.43. The van der Waals surface area contributed by atoms with Crippen molar-refractivity contribution in [2.75, 3.05) is 6.54 Å². The van der Waals surface area contributed by atoms with Gasteiger partial charge in [0.05, 0.1) is 0 Å². The van der Waals surface area contributed by atoms with Gasteiger partial charge in [-0.05, 0) is 18.8 Å². The number of carbonyl (C=O) groups excluding carboxylic acids is 1. The minimum Gasteiger partial charge on any atom is -0.356 e. The maximum atomic E-state index is 11.3. The molecule has 0 aliphatic heterocycles. The Kier molecular flexibility index (Phi) is 11.6. The molecule has 0 saturated carbocycles. The van der Waals surface area contributed by atoms with E-state index < -0.39 is 0 Å². The van der Waals surface area contributed by atoms with Crippen LogP contribution in [0.15, 0.2) is 0 Å². The standard InChI is InChI=1S/C15H31NO.H2/c1-4-5-12-15(17)16-13-10-8-6-7-9-11-14(2)3;/h14H,4-13H2,1-3H3,(H,16,17);1H. The zero-order chi connectivity index (χ0) is 12.9. The summed E-state index contributed by atoms with van der Waals surface area (Å²) >= 11 is 0. The highest BCUT2D eigenvalue weighted by Crippen LogP contribution is 2.10. The van der Waals surface area contributed by atoms with Gasteiger partial charge in [-0.15, -0.1) is 0 Å². The largest absolute Gasteiger partial charge is 0.356 e. The summed E-state index contributed by atoms with van der Waals surface area (Å²) in [6.07, 6.45) is 10.6. The zero-order valence-electron chi connectivity index (χ0n) is 12.1. The molecule has 0 aliphatic rings. The van der Waals surface area contributed by atoms with Crippen LogP contribution in [0.1, 0.15) is 80.0 Å². The average molecular weight is 243 g/mol. The molecule has 0 bridgehead atoms. The second kappa shape index (κ2) is 11.9. The normalized spacial score (nSPS) is 10.8. The molecule has 17 heavy (non-hydrogen) atoms. The highest BCUT2D eigenvalue weighted by atomic mass is 16.1. The summed E-state index contributed by atoms with van der Waals surface area (Å²) in [6.45, 7) is 7.55. The number of amides is 1. The van der Waals surface area contributed by atoms with Gasteiger partial charge in [0.15, 0.2) is 0 Å². The monoisotopic (exact) mass is 243 g/mol. The Hall–Kier alpha value is -0.530. The van der Waals surface area contributed by atoms with Gasteiger partial charge >= 0.3 is 0 Å². The average Bonchev–Trinajstić information content (AvgIpc) is 2.29. The smallest absolute Gasteiger partial charge is 0.219 e. The Labute approximate surface area is 109 Å². The van der Waals surface area contributed by atoms with Gasteiger partial charge < -0.3 is 5.32 Å². The lowest BCUT2D eigenvalue weighted by atomic mass is 10.0. The zero-order valence-corrected chi connectivity index (χ0v) is 12.1. The Balaban J connectivity index is 0. The van der Waals surface area contributed by atoms with Crippen LogP contribution in [0.3, 0.4) is 0 Å². The van der Waals surface area contributed by atoms with Gasteiger partial charge in [0.1, 0.15) is 0 Å². The number of hydrogen-bond donors (Lipinski definition) is 1. The molecule has 0 aromatic heterocycles. The van der Waals surface area contributed by atoms with Crippen molar-refractivity contribution in [2.45, 2.75) is 78.6 Å². The summed E-state index contributed by atoms with van der Waals surface area (Å²) in [6, 6.07) is 0. The van der Waals surface area contributed by atoms with Crippen molar-refractivity contribution in [1.82, 2.24) is 5.32 Å². The molecular weight excluding hydrogens is 210 g/mol. The molecule has 0 spiro atoms. The fraction of sp³-hybridized carbons (Fsp3) is 0.933.